The molecule has 0 fully saturated rings. The summed E-state index contributed by atoms with van der Waals surface area (Å²) in [5.41, 5.74) is 3.42. The van der Waals surface area contributed by atoms with Crippen molar-refractivity contribution in [1.29, 1.82) is 0 Å². The van der Waals surface area contributed by atoms with Gasteiger partial charge in [-0.3, -0.25) is 4.79 Å². The topological polar surface area (TPSA) is 85.2 Å². The minimum atomic E-state index is -2.82. The highest BCUT2D eigenvalue weighted by atomic mass is 19.3. The second-order valence-corrected chi connectivity index (χ2v) is 3.15. The molecule has 5 nitrogen and oxygen atoms in total. The molecule has 7 heteroatoms. The number of hydrogen-bond donors (Lipinski definition) is 2. The van der Waals surface area contributed by atoms with E-state index >= 15 is 0 Å². The summed E-state index contributed by atoms with van der Waals surface area (Å²) in [7, 11) is 0. The highest BCUT2D eigenvalue weighted by Crippen LogP contribution is 2.23. The number of hydrogen-bond acceptors (Lipinski definition) is 4. The summed E-state index contributed by atoms with van der Waals surface area (Å²) in [6.45, 7) is 1.25. The van der Waals surface area contributed by atoms with Crippen molar-refractivity contribution < 1.29 is 18.3 Å². The van der Waals surface area contributed by atoms with Crippen LogP contribution in [0.5, 0.6) is 0 Å². The van der Waals surface area contributed by atoms with Crippen molar-refractivity contribution in [2.75, 3.05) is 6.61 Å². The summed E-state index contributed by atoms with van der Waals surface area (Å²) in [6.07, 6.45) is -1.96. The smallest absolute Gasteiger partial charge is 0.344 e. The molecule has 0 saturated heterocycles. The number of nitrogens with one attached hydrogen (secondary N) is 1. The van der Waals surface area contributed by atoms with Crippen LogP contribution in [0.3, 0.4) is 0 Å². The zero-order valence-corrected chi connectivity index (χ0v) is 9.13. The van der Waals surface area contributed by atoms with Crippen LogP contribution in [0.25, 0.3) is 0 Å². The van der Waals surface area contributed by atoms with Gasteiger partial charge in [0.15, 0.2) is 0 Å². The van der Waals surface area contributed by atoms with Gasteiger partial charge in [-0.2, -0.15) is 0 Å². The number of H-pyrrole nitrogens is 1. The maximum Gasteiger partial charge on any atom is 0.344 e. The monoisotopic (exact) mass is 246 g/mol. The maximum atomic E-state index is 12.6. The second-order valence-electron chi connectivity index (χ2n) is 3.15. The molecule has 0 spiro atoms. The molecule has 0 atom stereocenters. The number of rotatable bonds is 4. The van der Waals surface area contributed by atoms with Crippen LogP contribution in [-0.4, -0.2) is 17.6 Å². The van der Waals surface area contributed by atoms with Gasteiger partial charge in [0.05, 0.1) is 6.61 Å². The fourth-order valence-electron chi connectivity index (χ4n) is 1.42. The lowest BCUT2D eigenvalue weighted by atomic mass is 10.0. The van der Waals surface area contributed by atoms with Crippen molar-refractivity contribution in [2.24, 2.45) is 5.73 Å². The summed E-state index contributed by atoms with van der Waals surface area (Å²) >= 11 is 0. The number of esters is 1. The molecule has 1 aromatic heterocycles. The van der Waals surface area contributed by atoms with E-state index in [2.05, 4.69) is 9.72 Å². The first-order valence-electron chi connectivity index (χ1n) is 4.92. The first-order valence-corrected chi connectivity index (χ1v) is 4.92. The quantitative estimate of drug-likeness (QED) is 0.774. The van der Waals surface area contributed by atoms with Gasteiger partial charge in [0.25, 0.3) is 12.0 Å². The van der Waals surface area contributed by atoms with Crippen LogP contribution in [0.1, 0.15) is 34.8 Å². The van der Waals surface area contributed by atoms with E-state index in [1.54, 1.807) is 6.92 Å². The SMILES string of the molecule is CCOC(=O)c1c(CN)c(C(F)F)c[nH]c1=O. The molecule has 0 aliphatic carbocycles. The fourth-order valence-corrected chi connectivity index (χ4v) is 1.42. The molecule has 0 radical (unpaired) electrons. The average Bonchev–Trinajstić information content (AvgIpc) is 2.28. The van der Waals surface area contributed by atoms with Crippen molar-refractivity contribution in [3.05, 3.63) is 33.2 Å². The Hall–Kier alpha value is -1.76. The fraction of sp³-hybridized carbons (Fsp3) is 0.400. The molecule has 0 aliphatic heterocycles. The molecule has 3 N–H and O–H groups in total. The average molecular weight is 246 g/mol. The van der Waals surface area contributed by atoms with Crippen LogP contribution in [0, 0.1) is 0 Å². The Balaban J connectivity index is 3.40. The molecule has 0 unspecified atom stereocenters. The third-order valence-electron chi connectivity index (χ3n) is 2.15. The second kappa shape index (κ2) is 5.53. The maximum absolute atomic E-state index is 12.6. The highest BCUT2D eigenvalue weighted by molar-refractivity contribution is 5.91. The Morgan fingerprint density at radius 2 is 2.24 bits per heavy atom. The van der Waals surface area contributed by atoms with E-state index in [9.17, 15) is 18.4 Å². The van der Waals surface area contributed by atoms with Crippen molar-refractivity contribution in [2.45, 2.75) is 19.9 Å². The molecule has 94 valence electrons. The van der Waals surface area contributed by atoms with Gasteiger partial charge in [-0.15, -0.1) is 0 Å². The summed E-state index contributed by atoms with van der Waals surface area (Å²) in [5.74, 6) is -0.948. The van der Waals surface area contributed by atoms with Crippen LogP contribution in [0.2, 0.25) is 0 Å². The van der Waals surface area contributed by atoms with Crippen molar-refractivity contribution in [3.63, 3.8) is 0 Å². The summed E-state index contributed by atoms with van der Waals surface area (Å²) in [6, 6.07) is 0. The lowest BCUT2D eigenvalue weighted by molar-refractivity contribution is 0.0522. The molecule has 1 aromatic rings. The Kier molecular flexibility index (Phi) is 4.33. The number of carbonyl (C=O) groups is 1. The molecular formula is C10H12F2N2O3. The molecule has 0 aromatic carbocycles. The predicted molar refractivity (Wildman–Crippen MR) is 55.9 cm³/mol. The standard InChI is InChI=1S/C10H12F2N2O3/c1-2-17-10(16)7-5(3-13)6(8(11)12)4-14-9(7)15/h4,8H,2-3,13H2,1H3,(H,14,15). The van der Waals surface area contributed by atoms with Gasteiger partial charge in [-0.05, 0) is 12.5 Å². The number of aromatic nitrogens is 1. The number of pyridine rings is 1. The molecule has 0 amide bonds. The van der Waals surface area contributed by atoms with Gasteiger partial charge < -0.3 is 15.5 Å². The predicted octanol–water partition coefficient (Wildman–Crippen LogP) is 0.948. The van der Waals surface area contributed by atoms with Crippen LogP contribution >= 0.6 is 0 Å². The molecule has 0 saturated carbocycles. The van der Waals surface area contributed by atoms with Crippen molar-refractivity contribution in [3.8, 4) is 0 Å². The third-order valence-corrected chi connectivity index (χ3v) is 2.15. The van der Waals surface area contributed by atoms with Crippen molar-refractivity contribution in [1.82, 2.24) is 4.98 Å². The normalized spacial score (nSPS) is 10.6. The van der Waals surface area contributed by atoms with Crippen molar-refractivity contribution >= 4 is 5.97 Å². The van der Waals surface area contributed by atoms with Gasteiger partial charge >= 0.3 is 5.97 Å². The Bertz CT molecular complexity index is 471. The molecule has 17 heavy (non-hydrogen) atoms. The number of halogens is 2. The number of carbonyl (C=O) groups excluding carboxylic acids is 1. The van der Waals surface area contributed by atoms with Crippen LogP contribution in [-0.2, 0) is 11.3 Å². The lowest BCUT2D eigenvalue weighted by Gasteiger charge is -2.10. The Labute approximate surface area is 95.6 Å². The van der Waals surface area contributed by atoms with E-state index in [0.717, 1.165) is 6.20 Å². The first kappa shape index (κ1) is 13.3. The van der Waals surface area contributed by atoms with Gasteiger partial charge in [0.2, 0.25) is 0 Å². The summed E-state index contributed by atoms with van der Waals surface area (Å²) in [5, 5.41) is 0. The van der Waals surface area contributed by atoms with Gasteiger partial charge in [-0.25, -0.2) is 13.6 Å². The zero-order valence-electron chi connectivity index (χ0n) is 9.13. The van der Waals surface area contributed by atoms with E-state index in [4.69, 9.17) is 5.73 Å². The molecule has 0 bridgehead atoms. The van der Waals surface area contributed by atoms with E-state index in [1.807, 2.05) is 0 Å². The number of nitrogens with two attached hydrogens (primary N) is 1. The Morgan fingerprint density at radius 3 is 2.71 bits per heavy atom. The van der Waals surface area contributed by atoms with Gasteiger partial charge in [0, 0.05) is 18.3 Å². The number of ether oxygens (including phenoxy) is 1. The molecule has 0 aliphatic rings. The van der Waals surface area contributed by atoms with E-state index in [-0.39, 0.29) is 18.7 Å². The zero-order chi connectivity index (χ0) is 13.0. The minimum absolute atomic E-state index is 0.0428. The molecule has 1 rings (SSSR count). The minimum Gasteiger partial charge on any atom is -0.462 e. The highest BCUT2D eigenvalue weighted by Gasteiger charge is 2.23. The van der Waals surface area contributed by atoms with Crippen LogP contribution < -0.4 is 11.3 Å². The van der Waals surface area contributed by atoms with E-state index in [1.165, 1.54) is 0 Å². The van der Waals surface area contributed by atoms with Crippen LogP contribution in [0.15, 0.2) is 11.0 Å². The van der Waals surface area contributed by atoms with Gasteiger partial charge in [-0.1, -0.05) is 0 Å². The molecule has 1 heterocycles. The summed E-state index contributed by atoms with van der Waals surface area (Å²) < 4.78 is 29.9. The van der Waals surface area contributed by atoms with E-state index < -0.39 is 29.1 Å². The first-order chi connectivity index (χ1) is 8.02. The van der Waals surface area contributed by atoms with E-state index in [0.29, 0.717) is 0 Å². The number of aromatic amines is 1. The summed E-state index contributed by atoms with van der Waals surface area (Å²) in [4.78, 5) is 25.0. The number of alkyl halides is 2. The van der Waals surface area contributed by atoms with Crippen LogP contribution in [0.4, 0.5) is 8.78 Å². The third kappa shape index (κ3) is 2.68. The largest absolute Gasteiger partial charge is 0.462 e. The molecular weight excluding hydrogens is 234 g/mol. The lowest BCUT2D eigenvalue weighted by Crippen LogP contribution is -2.25. The van der Waals surface area contributed by atoms with Gasteiger partial charge in [0.1, 0.15) is 5.56 Å². The Morgan fingerprint density at radius 1 is 1.59 bits per heavy atom.